The highest BCUT2D eigenvalue weighted by Gasteiger charge is 2.70. The number of halogens is 1. The van der Waals surface area contributed by atoms with E-state index in [0.717, 1.165) is 44.0 Å². The summed E-state index contributed by atoms with van der Waals surface area (Å²) in [6.45, 7) is -0.242. The van der Waals surface area contributed by atoms with Crippen molar-refractivity contribution in [2.75, 3.05) is 23.9 Å². The number of nitrogens with one attached hydrogen (secondary N) is 2. The van der Waals surface area contributed by atoms with Crippen LogP contribution in [-0.4, -0.2) is 41.7 Å². The molecule has 7 atom stereocenters. The van der Waals surface area contributed by atoms with Crippen LogP contribution in [0, 0.1) is 29.6 Å². The van der Waals surface area contributed by atoms with E-state index in [1.807, 2.05) is 48.5 Å². The molecule has 252 valence electrons. The summed E-state index contributed by atoms with van der Waals surface area (Å²) < 4.78 is 11.5. The minimum Gasteiger partial charge on any atom is -0.497 e. The first-order valence-electron chi connectivity index (χ1n) is 16.4. The smallest absolute Gasteiger partial charge is 0.305 e. The number of rotatable bonds is 7. The number of aromatic amines is 1. The second-order valence-electron chi connectivity index (χ2n) is 13.3. The molecule has 0 spiro atoms. The largest absolute Gasteiger partial charge is 0.497 e. The number of aromatic nitrogens is 1. The van der Waals surface area contributed by atoms with Gasteiger partial charge in [-0.2, -0.15) is 0 Å². The van der Waals surface area contributed by atoms with Gasteiger partial charge in [-0.1, -0.05) is 53.3 Å². The number of hydrogen-bond donors (Lipinski definition) is 2. The Morgan fingerprint density at radius 1 is 0.940 bits per heavy atom. The van der Waals surface area contributed by atoms with Gasteiger partial charge in [-0.25, -0.2) is 0 Å². The molecule has 6 unspecified atom stereocenters. The highest BCUT2D eigenvalue weighted by Crippen LogP contribution is 2.69. The topological polar surface area (TPSA) is 118 Å². The zero-order chi connectivity index (χ0) is 34.3. The molecule has 1 aromatic heterocycles. The van der Waals surface area contributed by atoms with Crippen LogP contribution >= 0.6 is 34.7 Å². The van der Waals surface area contributed by atoms with Crippen molar-refractivity contribution in [2.24, 2.45) is 29.6 Å². The molecule has 9 nitrogen and oxygen atoms in total. The first-order valence-corrected chi connectivity index (χ1v) is 18.5. The number of methoxy groups -OCH3 is 1. The van der Waals surface area contributed by atoms with E-state index < -0.39 is 11.8 Å². The van der Waals surface area contributed by atoms with E-state index in [9.17, 15) is 19.2 Å². The fraction of sp³-hybridized carbons (Fsp3) is 0.263. The van der Waals surface area contributed by atoms with E-state index >= 15 is 0 Å². The third-order valence-electron chi connectivity index (χ3n) is 10.8. The Labute approximate surface area is 299 Å². The molecule has 3 fully saturated rings. The third kappa shape index (κ3) is 4.97. The molecule has 4 aromatic carbocycles. The summed E-state index contributed by atoms with van der Waals surface area (Å²) in [6.07, 6.45) is 0.742. The van der Waals surface area contributed by atoms with Crippen LogP contribution in [0.1, 0.15) is 22.8 Å². The lowest BCUT2D eigenvalue weighted by Crippen LogP contribution is -2.42. The Bertz CT molecular complexity index is 2270. The number of thioether (sulfide) groups is 1. The minimum absolute atomic E-state index is 0.0143. The van der Waals surface area contributed by atoms with Crippen molar-refractivity contribution in [1.29, 1.82) is 0 Å². The molecule has 12 heteroatoms. The van der Waals surface area contributed by atoms with Gasteiger partial charge in [-0.05, 0) is 89.5 Å². The number of ether oxygens (including phenoxy) is 2. The maximum atomic E-state index is 14.2. The van der Waals surface area contributed by atoms with Crippen LogP contribution in [0.2, 0.25) is 5.02 Å². The summed E-state index contributed by atoms with van der Waals surface area (Å²) in [4.78, 5) is 59.2. The number of amides is 3. The van der Waals surface area contributed by atoms with E-state index in [1.54, 1.807) is 55.3 Å². The van der Waals surface area contributed by atoms with Gasteiger partial charge in [0.2, 0.25) is 11.8 Å². The van der Waals surface area contributed by atoms with Crippen LogP contribution < -0.4 is 24.6 Å². The maximum absolute atomic E-state index is 14.2. The zero-order valence-electron chi connectivity index (χ0n) is 26.6. The molecule has 3 heterocycles. The number of imide groups is 1. The Morgan fingerprint density at radius 3 is 2.48 bits per heavy atom. The van der Waals surface area contributed by atoms with E-state index in [4.69, 9.17) is 21.1 Å². The van der Waals surface area contributed by atoms with Crippen LogP contribution in [-0.2, 0) is 14.4 Å². The second-order valence-corrected chi connectivity index (χ2v) is 15.9. The first-order chi connectivity index (χ1) is 24.3. The standard InChI is InChI=1S/C38H30ClN3O6S2/c1-47-23-11-9-22(10-12-23)42-36(44)31-25-16-26(32(31)37(42)45)33-30(25)29(34-35(49-33)41-38(46)50-34)24-15-20(39)7-13-27(24)48-17-28(43)40-21-8-6-18-4-2-3-5-19(18)14-21/h2-15,25-26,29-33H,16-17H2,1H3,(H,40,43)(H,41,46)/t25?,26?,29-,30?,31?,32?,33?/m1/s1. The zero-order valence-corrected chi connectivity index (χ0v) is 29.0. The summed E-state index contributed by atoms with van der Waals surface area (Å²) in [5.41, 5.74) is 1.96. The van der Waals surface area contributed by atoms with Crippen molar-refractivity contribution in [2.45, 2.75) is 22.6 Å². The van der Waals surface area contributed by atoms with Gasteiger partial charge in [-0.3, -0.25) is 24.1 Å². The molecular weight excluding hydrogens is 694 g/mol. The van der Waals surface area contributed by atoms with E-state index in [1.165, 1.54) is 4.90 Å². The van der Waals surface area contributed by atoms with Crippen molar-refractivity contribution in [1.82, 2.24) is 4.98 Å². The summed E-state index contributed by atoms with van der Waals surface area (Å²) >= 11 is 9.39. The number of benzene rings is 4. The van der Waals surface area contributed by atoms with Gasteiger partial charge in [-0.15, -0.1) is 11.8 Å². The summed E-state index contributed by atoms with van der Waals surface area (Å²) in [7, 11) is 1.57. The van der Waals surface area contributed by atoms with Gasteiger partial charge in [0.25, 0.3) is 5.91 Å². The molecule has 4 aliphatic rings. The Balaban J connectivity index is 1.03. The third-order valence-corrected chi connectivity index (χ3v) is 13.6. The molecule has 1 saturated heterocycles. The predicted molar refractivity (Wildman–Crippen MR) is 194 cm³/mol. The Morgan fingerprint density at radius 2 is 1.70 bits per heavy atom. The number of carbonyl (C=O) groups is 3. The number of carbonyl (C=O) groups excluding carboxylic acids is 3. The summed E-state index contributed by atoms with van der Waals surface area (Å²) in [6, 6.07) is 26.0. The lowest BCUT2D eigenvalue weighted by molar-refractivity contribution is -0.123. The highest BCUT2D eigenvalue weighted by atomic mass is 35.5. The van der Waals surface area contributed by atoms with Gasteiger partial charge in [0.15, 0.2) is 6.61 Å². The number of anilines is 2. The molecule has 9 rings (SSSR count). The fourth-order valence-electron chi connectivity index (χ4n) is 8.85. The van der Waals surface area contributed by atoms with Crippen LogP contribution in [0.4, 0.5) is 11.4 Å². The fourth-order valence-corrected chi connectivity index (χ4v) is 11.9. The lowest BCUT2D eigenvalue weighted by atomic mass is 9.68. The summed E-state index contributed by atoms with van der Waals surface area (Å²) in [5.74, 6) is -0.962. The van der Waals surface area contributed by atoms with E-state index in [0.29, 0.717) is 27.9 Å². The van der Waals surface area contributed by atoms with Crippen LogP contribution in [0.5, 0.6) is 11.5 Å². The van der Waals surface area contributed by atoms with Gasteiger partial charge in [0.05, 0.1) is 29.7 Å². The van der Waals surface area contributed by atoms with Crippen molar-refractivity contribution >= 4 is 74.6 Å². The van der Waals surface area contributed by atoms with Gasteiger partial charge < -0.3 is 19.8 Å². The van der Waals surface area contributed by atoms with Gasteiger partial charge in [0.1, 0.15) is 11.5 Å². The predicted octanol–water partition coefficient (Wildman–Crippen LogP) is 6.95. The Hall–Kier alpha value is -4.58. The Kier molecular flexibility index (Phi) is 7.56. The number of fused-ring (bicyclic) bond motifs is 10. The van der Waals surface area contributed by atoms with Crippen molar-refractivity contribution < 1.29 is 23.9 Å². The number of hydrogen-bond acceptors (Lipinski definition) is 8. The SMILES string of the molecule is COc1ccc(N2C(=O)C3C4CC(C3C2=O)C2C4Sc3[nH]c(=O)sc3[C@@H]2c2cc(Cl)ccc2OCC(=O)Nc2ccc3ccccc3c2)cc1. The molecule has 2 aliphatic carbocycles. The molecule has 2 aliphatic heterocycles. The second kappa shape index (κ2) is 12.0. The van der Waals surface area contributed by atoms with Crippen molar-refractivity contribution in [3.63, 3.8) is 0 Å². The molecular formula is C38H30ClN3O6S2. The quantitative estimate of drug-likeness (QED) is 0.175. The number of nitrogens with zero attached hydrogens (tertiary/aromatic N) is 1. The number of H-pyrrole nitrogens is 1. The highest BCUT2D eigenvalue weighted by molar-refractivity contribution is 8.00. The van der Waals surface area contributed by atoms with Gasteiger partial charge >= 0.3 is 4.87 Å². The molecule has 5 aromatic rings. The minimum atomic E-state index is -0.465. The maximum Gasteiger partial charge on any atom is 0.305 e. The molecule has 2 saturated carbocycles. The summed E-state index contributed by atoms with van der Waals surface area (Å²) in [5, 5.41) is 6.28. The van der Waals surface area contributed by atoms with Gasteiger partial charge in [0, 0.05) is 32.3 Å². The average Bonchev–Trinajstić information content (AvgIpc) is 3.86. The molecule has 2 N–H and O–H groups in total. The van der Waals surface area contributed by atoms with E-state index in [-0.39, 0.29) is 58.1 Å². The first kappa shape index (κ1) is 31.4. The van der Waals surface area contributed by atoms with Crippen LogP contribution in [0.15, 0.2) is 94.7 Å². The molecule has 3 amide bonds. The molecule has 0 radical (unpaired) electrons. The average molecular weight is 724 g/mol. The lowest BCUT2D eigenvalue weighted by Gasteiger charge is -2.43. The molecule has 2 bridgehead atoms. The van der Waals surface area contributed by atoms with Crippen molar-refractivity contribution in [3.05, 3.63) is 110 Å². The van der Waals surface area contributed by atoms with Crippen LogP contribution in [0.3, 0.4) is 0 Å². The number of thiazole rings is 1. The van der Waals surface area contributed by atoms with Crippen molar-refractivity contribution in [3.8, 4) is 11.5 Å². The monoisotopic (exact) mass is 723 g/mol. The van der Waals surface area contributed by atoms with Crippen LogP contribution in [0.25, 0.3) is 10.8 Å². The normalized spacial score (nSPS) is 26.1. The molecule has 50 heavy (non-hydrogen) atoms. The van der Waals surface area contributed by atoms with E-state index in [2.05, 4.69) is 10.3 Å².